The molecule has 0 saturated carbocycles. The summed E-state index contributed by atoms with van der Waals surface area (Å²) in [5, 5.41) is 8.86. The summed E-state index contributed by atoms with van der Waals surface area (Å²) in [6.07, 6.45) is -3.02. The molecule has 0 amide bonds. The molecule has 6 heteroatoms. The maximum atomic E-state index is 12.7. The van der Waals surface area contributed by atoms with E-state index in [9.17, 15) is 18.0 Å². The van der Waals surface area contributed by atoms with Crippen LogP contribution in [0.25, 0.3) is 0 Å². The predicted molar refractivity (Wildman–Crippen MR) is 94.1 cm³/mol. The Hall–Kier alpha value is -2.34. The van der Waals surface area contributed by atoms with E-state index < -0.39 is 17.7 Å². The molecule has 2 aromatic rings. The number of benzene rings is 2. The summed E-state index contributed by atoms with van der Waals surface area (Å²) in [7, 11) is 1.74. The van der Waals surface area contributed by atoms with Crippen LogP contribution in [0.4, 0.5) is 13.2 Å². The van der Waals surface area contributed by atoms with Crippen LogP contribution >= 0.6 is 0 Å². The molecule has 0 bridgehead atoms. The zero-order valence-corrected chi connectivity index (χ0v) is 14.5. The third kappa shape index (κ3) is 6.19. The Morgan fingerprint density at radius 2 is 1.69 bits per heavy atom. The molecule has 0 radical (unpaired) electrons. The van der Waals surface area contributed by atoms with Crippen molar-refractivity contribution < 1.29 is 23.1 Å². The van der Waals surface area contributed by atoms with Crippen molar-refractivity contribution in [3.63, 3.8) is 0 Å². The van der Waals surface area contributed by atoms with Crippen molar-refractivity contribution in [2.75, 3.05) is 20.1 Å². The smallest absolute Gasteiger partial charge is 0.416 e. The zero-order chi connectivity index (χ0) is 19.2. The minimum Gasteiger partial charge on any atom is -0.480 e. The Kier molecular flexibility index (Phi) is 6.80. The highest BCUT2D eigenvalue weighted by atomic mass is 19.4. The number of hydrogen-bond donors (Lipinski definition) is 1. The number of hydrogen-bond acceptors (Lipinski definition) is 2. The fraction of sp³-hybridized carbons (Fsp3) is 0.350. The summed E-state index contributed by atoms with van der Waals surface area (Å²) in [6, 6.07) is 15.0. The van der Waals surface area contributed by atoms with Crippen molar-refractivity contribution in [1.82, 2.24) is 4.90 Å². The fourth-order valence-corrected chi connectivity index (χ4v) is 2.91. The Morgan fingerprint density at radius 3 is 2.23 bits per heavy atom. The molecule has 0 saturated heterocycles. The zero-order valence-electron chi connectivity index (χ0n) is 14.5. The van der Waals surface area contributed by atoms with Gasteiger partial charge in [0.05, 0.1) is 12.1 Å². The summed E-state index contributed by atoms with van der Waals surface area (Å²) in [4.78, 5) is 12.5. The number of nitrogens with zero attached hydrogens (tertiary/aromatic N) is 1. The van der Waals surface area contributed by atoms with Gasteiger partial charge in [0.25, 0.3) is 0 Å². The van der Waals surface area contributed by atoms with Crippen LogP contribution in [0.2, 0.25) is 0 Å². The number of carboxylic acids is 1. The number of carbonyl (C=O) groups is 1. The SMILES string of the molecule is CN(CC[C@H](Cc1ccc(C(F)(F)F)cc1)c1ccccc1)CC(=O)O. The molecule has 0 heterocycles. The molecule has 26 heavy (non-hydrogen) atoms. The third-order valence-corrected chi connectivity index (χ3v) is 4.30. The number of rotatable bonds is 8. The third-order valence-electron chi connectivity index (χ3n) is 4.30. The number of halogens is 3. The van der Waals surface area contributed by atoms with Crippen molar-refractivity contribution in [2.24, 2.45) is 0 Å². The summed E-state index contributed by atoms with van der Waals surface area (Å²) in [5.41, 5.74) is 1.27. The van der Waals surface area contributed by atoms with E-state index in [1.165, 1.54) is 12.1 Å². The molecule has 0 aliphatic carbocycles. The van der Waals surface area contributed by atoms with Crippen molar-refractivity contribution in [2.45, 2.75) is 24.9 Å². The first-order valence-electron chi connectivity index (χ1n) is 8.37. The van der Waals surface area contributed by atoms with Gasteiger partial charge in [-0.05, 0) is 55.6 Å². The van der Waals surface area contributed by atoms with E-state index in [0.29, 0.717) is 13.0 Å². The van der Waals surface area contributed by atoms with Gasteiger partial charge >= 0.3 is 12.1 Å². The highest BCUT2D eigenvalue weighted by molar-refractivity contribution is 5.68. The monoisotopic (exact) mass is 365 g/mol. The van der Waals surface area contributed by atoms with E-state index in [4.69, 9.17) is 5.11 Å². The fourth-order valence-electron chi connectivity index (χ4n) is 2.91. The minimum absolute atomic E-state index is 0.0399. The summed E-state index contributed by atoms with van der Waals surface area (Å²) in [5.74, 6) is -0.782. The Labute approximate surface area is 151 Å². The van der Waals surface area contributed by atoms with E-state index in [1.54, 1.807) is 11.9 Å². The van der Waals surface area contributed by atoms with Crippen LogP contribution in [0.5, 0.6) is 0 Å². The van der Waals surface area contributed by atoms with Crippen molar-refractivity contribution in [3.05, 3.63) is 71.3 Å². The van der Waals surface area contributed by atoms with Gasteiger partial charge < -0.3 is 5.11 Å². The second-order valence-corrected chi connectivity index (χ2v) is 6.43. The van der Waals surface area contributed by atoms with Crippen LogP contribution in [-0.4, -0.2) is 36.1 Å². The standard InChI is InChI=1S/C20H22F3NO2/c1-24(14-19(25)26)12-11-17(16-5-3-2-4-6-16)13-15-7-9-18(10-8-15)20(21,22)23/h2-10,17H,11-14H2,1H3,(H,25,26)/t17-/m1/s1. The van der Waals surface area contributed by atoms with E-state index in [2.05, 4.69) is 0 Å². The van der Waals surface area contributed by atoms with Gasteiger partial charge in [0.15, 0.2) is 0 Å². The van der Waals surface area contributed by atoms with Gasteiger partial charge in [-0.2, -0.15) is 13.2 Å². The highest BCUT2D eigenvalue weighted by Crippen LogP contribution is 2.30. The Bertz CT molecular complexity index is 699. The van der Waals surface area contributed by atoms with Gasteiger partial charge in [-0.15, -0.1) is 0 Å². The van der Waals surface area contributed by atoms with Gasteiger partial charge in [-0.1, -0.05) is 42.5 Å². The minimum atomic E-state index is -4.34. The maximum Gasteiger partial charge on any atom is 0.416 e. The molecule has 2 aromatic carbocycles. The molecule has 2 rings (SSSR count). The molecule has 0 aromatic heterocycles. The van der Waals surface area contributed by atoms with E-state index in [-0.39, 0.29) is 12.5 Å². The lowest BCUT2D eigenvalue weighted by Gasteiger charge is -2.21. The first-order chi connectivity index (χ1) is 12.3. The van der Waals surface area contributed by atoms with Gasteiger partial charge in [-0.25, -0.2) is 0 Å². The second-order valence-electron chi connectivity index (χ2n) is 6.43. The van der Waals surface area contributed by atoms with Crippen molar-refractivity contribution >= 4 is 5.97 Å². The summed E-state index contributed by atoms with van der Waals surface area (Å²) >= 11 is 0. The summed E-state index contributed by atoms with van der Waals surface area (Å²) < 4.78 is 38.1. The van der Waals surface area contributed by atoms with Crippen LogP contribution in [0.15, 0.2) is 54.6 Å². The molecule has 3 nitrogen and oxygen atoms in total. The van der Waals surface area contributed by atoms with Crippen LogP contribution in [0, 0.1) is 0 Å². The normalized spacial score (nSPS) is 13.0. The van der Waals surface area contributed by atoms with Crippen LogP contribution < -0.4 is 0 Å². The van der Waals surface area contributed by atoms with E-state index in [0.717, 1.165) is 29.7 Å². The van der Waals surface area contributed by atoms with Crippen LogP contribution in [0.3, 0.4) is 0 Å². The molecule has 1 atom stereocenters. The number of likely N-dealkylation sites (N-methyl/N-ethyl adjacent to an activating group) is 1. The molecule has 0 fully saturated rings. The van der Waals surface area contributed by atoms with Gasteiger partial charge in [0.1, 0.15) is 0 Å². The topological polar surface area (TPSA) is 40.5 Å². The molecule has 0 aliphatic rings. The Morgan fingerprint density at radius 1 is 1.08 bits per heavy atom. The van der Waals surface area contributed by atoms with Crippen molar-refractivity contribution in [3.8, 4) is 0 Å². The molecular weight excluding hydrogens is 343 g/mol. The van der Waals surface area contributed by atoms with Gasteiger partial charge in [0, 0.05) is 0 Å². The number of carboxylic acid groups (broad SMARTS) is 1. The average Bonchev–Trinajstić information content (AvgIpc) is 2.58. The maximum absolute atomic E-state index is 12.7. The quantitative estimate of drug-likeness (QED) is 0.752. The lowest BCUT2D eigenvalue weighted by molar-refractivity contribution is -0.138. The number of aliphatic carboxylic acids is 1. The lowest BCUT2D eigenvalue weighted by atomic mass is 9.89. The lowest BCUT2D eigenvalue weighted by Crippen LogP contribution is -2.27. The van der Waals surface area contributed by atoms with Crippen molar-refractivity contribution in [1.29, 1.82) is 0 Å². The molecule has 0 aliphatic heterocycles. The van der Waals surface area contributed by atoms with Gasteiger partial charge in [0.2, 0.25) is 0 Å². The first-order valence-corrected chi connectivity index (χ1v) is 8.37. The Balaban J connectivity index is 2.10. The molecule has 1 N–H and O–H groups in total. The van der Waals surface area contributed by atoms with E-state index in [1.807, 2.05) is 30.3 Å². The molecule has 140 valence electrons. The van der Waals surface area contributed by atoms with Crippen LogP contribution in [-0.2, 0) is 17.4 Å². The van der Waals surface area contributed by atoms with Crippen LogP contribution in [0.1, 0.15) is 29.0 Å². The first kappa shape index (κ1) is 20.0. The van der Waals surface area contributed by atoms with E-state index >= 15 is 0 Å². The predicted octanol–water partition coefficient (Wildman–Crippen LogP) is 4.44. The highest BCUT2D eigenvalue weighted by Gasteiger charge is 2.30. The summed E-state index contributed by atoms with van der Waals surface area (Å²) in [6.45, 7) is 0.550. The van der Waals surface area contributed by atoms with Gasteiger partial charge in [-0.3, -0.25) is 9.69 Å². The molecular formula is C20H22F3NO2. The number of alkyl halides is 3. The molecule has 0 unspecified atom stereocenters. The largest absolute Gasteiger partial charge is 0.480 e. The molecule has 0 spiro atoms. The second kappa shape index (κ2) is 8.85. The average molecular weight is 365 g/mol.